The maximum absolute atomic E-state index is 10.5. The van der Waals surface area contributed by atoms with Crippen molar-refractivity contribution in [2.45, 2.75) is 13.0 Å². The Kier molecular flexibility index (Phi) is 4.84. The van der Waals surface area contributed by atoms with Crippen molar-refractivity contribution in [2.75, 3.05) is 6.61 Å². The molecule has 0 spiro atoms. The van der Waals surface area contributed by atoms with Gasteiger partial charge in [-0.3, -0.25) is 0 Å². The molecule has 2 rings (SSSR count). The van der Waals surface area contributed by atoms with Crippen LogP contribution in [0.4, 0.5) is 0 Å². The molecule has 1 unspecified atom stereocenters. The first-order valence-corrected chi connectivity index (χ1v) is 7.93. The Bertz CT molecular complexity index is 540. The standard InChI is InChI=1S/C13H12Br2O2S/c1-2-17-11-4-3-8(14)7-9(11)12(16)13-10(15)5-6-18-13/h3-7,12,16H,2H2,1H3. The molecule has 0 saturated heterocycles. The zero-order valence-electron chi connectivity index (χ0n) is 9.69. The first kappa shape index (κ1) is 14.1. The average molecular weight is 392 g/mol. The number of aliphatic hydroxyl groups excluding tert-OH is 1. The lowest BCUT2D eigenvalue weighted by molar-refractivity contribution is 0.215. The molecule has 96 valence electrons. The number of thiophene rings is 1. The molecular formula is C13H12Br2O2S. The van der Waals surface area contributed by atoms with Crippen molar-refractivity contribution in [3.8, 4) is 5.75 Å². The minimum absolute atomic E-state index is 0.576. The highest BCUT2D eigenvalue weighted by Gasteiger charge is 2.19. The van der Waals surface area contributed by atoms with Gasteiger partial charge in [0.15, 0.2) is 0 Å². The molecule has 2 nitrogen and oxygen atoms in total. The number of aliphatic hydroxyl groups is 1. The second kappa shape index (κ2) is 6.19. The fourth-order valence-corrected chi connectivity index (χ4v) is 3.63. The average Bonchev–Trinajstić information content (AvgIpc) is 2.77. The third kappa shape index (κ3) is 2.96. The van der Waals surface area contributed by atoms with Crippen molar-refractivity contribution < 1.29 is 9.84 Å². The monoisotopic (exact) mass is 390 g/mol. The predicted molar refractivity (Wildman–Crippen MR) is 81.4 cm³/mol. The van der Waals surface area contributed by atoms with Crippen LogP contribution in [0.25, 0.3) is 0 Å². The molecule has 18 heavy (non-hydrogen) atoms. The molecule has 0 bridgehead atoms. The van der Waals surface area contributed by atoms with E-state index in [2.05, 4.69) is 31.9 Å². The molecule has 0 amide bonds. The third-order valence-electron chi connectivity index (χ3n) is 2.46. The highest BCUT2D eigenvalue weighted by Crippen LogP contribution is 2.38. The molecule has 1 heterocycles. The van der Waals surface area contributed by atoms with Crippen molar-refractivity contribution >= 4 is 43.2 Å². The second-order valence-corrected chi connectivity index (χ2v) is 6.37. The van der Waals surface area contributed by atoms with Crippen molar-refractivity contribution in [1.29, 1.82) is 0 Å². The molecule has 0 aliphatic carbocycles. The second-order valence-electron chi connectivity index (χ2n) is 3.65. The van der Waals surface area contributed by atoms with Crippen LogP contribution in [0.2, 0.25) is 0 Å². The van der Waals surface area contributed by atoms with Gasteiger partial charge in [-0.1, -0.05) is 15.9 Å². The zero-order valence-corrected chi connectivity index (χ0v) is 13.7. The highest BCUT2D eigenvalue weighted by atomic mass is 79.9. The Morgan fingerprint density at radius 3 is 2.72 bits per heavy atom. The number of hydrogen-bond donors (Lipinski definition) is 1. The fourth-order valence-electron chi connectivity index (χ4n) is 1.66. The Hall–Kier alpha value is -0.360. The van der Waals surface area contributed by atoms with Gasteiger partial charge in [-0.15, -0.1) is 11.3 Å². The maximum Gasteiger partial charge on any atom is 0.125 e. The van der Waals surface area contributed by atoms with Crippen molar-refractivity contribution in [3.63, 3.8) is 0 Å². The van der Waals surface area contributed by atoms with Crippen molar-refractivity contribution in [2.24, 2.45) is 0 Å². The van der Waals surface area contributed by atoms with Gasteiger partial charge >= 0.3 is 0 Å². The van der Waals surface area contributed by atoms with Gasteiger partial charge in [0.2, 0.25) is 0 Å². The SMILES string of the molecule is CCOc1ccc(Br)cc1C(O)c1sccc1Br. The van der Waals surface area contributed by atoms with Crippen LogP contribution in [0, 0.1) is 0 Å². The van der Waals surface area contributed by atoms with E-state index in [1.165, 1.54) is 11.3 Å². The lowest BCUT2D eigenvalue weighted by Gasteiger charge is -2.15. The molecular weight excluding hydrogens is 380 g/mol. The molecule has 1 atom stereocenters. The van der Waals surface area contributed by atoms with E-state index in [-0.39, 0.29) is 0 Å². The van der Waals surface area contributed by atoms with Crippen LogP contribution in [-0.4, -0.2) is 11.7 Å². The quantitative estimate of drug-likeness (QED) is 0.814. The molecule has 0 aliphatic heterocycles. The van der Waals surface area contributed by atoms with Gasteiger partial charge in [0.05, 0.1) is 11.5 Å². The van der Waals surface area contributed by atoms with E-state index in [1.54, 1.807) is 0 Å². The maximum atomic E-state index is 10.5. The summed E-state index contributed by atoms with van der Waals surface area (Å²) < 4.78 is 7.40. The summed E-state index contributed by atoms with van der Waals surface area (Å²) in [6, 6.07) is 7.60. The lowest BCUT2D eigenvalue weighted by atomic mass is 10.1. The Morgan fingerprint density at radius 2 is 2.11 bits per heavy atom. The number of hydrogen-bond acceptors (Lipinski definition) is 3. The molecule has 1 aromatic heterocycles. The van der Waals surface area contributed by atoms with E-state index >= 15 is 0 Å². The fraction of sp³-hybridized carbons (Fsp3) is 0.231. The van der Waals surface area contributed by atoms with E-state index in [0.717, 1.165) is 19.4 Å². The molecule has 0 aliphatic rings. The van der Waals surface area contributed by atoms with Crippen molar-refractivity contribution in [3.05, 3.63) is 49.0 Å². The van der Waals surface area contributed by atoms with E-state index < -0.39 is 6.10 Å². The summed E-state index contributed by atoms with van der Waals surface area (Å²) >= 11 is 8.38. The van der Waals surface area contributed by atoms with E-state index in [4.69, 9.17) is 4.74 Å². The van der Waals surface area contributed by atoms with Crippen LogP contribution in [0.1, 0.15) is 23.5 Å². The molecule has 0 fully saturated rings. The van der Waals surface area contributed by atoms with Crippen LogP contribution >= 0.6 is 43.2 Å². The Morgan fingerprint density at radius 1 is 1.33 bits per heavy atom. The molecule has 0 saturated carbocycles. The minimum atomic E-state index is -0.682. The van der Waals surface area contributed by atoms with E-state index in [0.29, 0.717) is 12.4 Å². The van der Waals surface area contributed by atoms with Crippen LogP contribution in [0.3, 0.4) is 0 Å². The van der Waals surface area contributed by atoms with Crippen LogP contribution in [0.15, 0.2) is 38.6 Å². The Labute approximate surface area is 127 Å². The zero-order chi connectivity index (χ0) is 13.1. The number of halogens is 2. The first-order valence-electron chi connectivity index (χ1n) is 5.46. The third-order valence-corrected chi connectivity index (χ3v) is 4.88. The summed E-state index contributed by atoms with van der Waals surface area (Å²) in [5, 5.41) is 12.4. The topological polar surface area (TPSA) is 29.5 Å². The normalized spacial score (nSPS) is 12.4. The molecule has 1 aromatic carbocycles. The van der Waals surface area contributed by atoms with Gasteiger partial charge in [-0.2, -0.15) is 0 Å². The van der Waals surface area contributed by atoms with Gasteiger partial charge in [-0.25, -0.2) is 0 Å². The van der Waals surface area contributed by atoms with Crippen LogP contribution < -0.4 is 4.74 Å². The summed E-state index contributed by atoms with van der Waals surface area (Å²) in [6.07, 6.45) is -0.682. The number of rotatable bonds is 4. The number of benzene rings is 1. The van der Waals surface area contributed by atoms with Gasteiger partial charge in [0.25, 0.3) is 0 Å². The van der Waals surface area contributed by atoms with Crippen molar-refractivity contribution in [1.82, 2.24) is 0 Å². The van der Waals surface area contributed by atoms with Gasteiger partial charge in [0.1, 0.15) is 11.9 Å². The highest BCUT2D eigenvalue weighted by molar-refractivity contribution is 9.10. The summed E-state index contributed by atoms with van der Waals surface area (Å²) in [5.74, 6) is 0.716. The Balaban J connectivity index is 2.43. The number of ether oxygens (including phenoxy) is 1. The minimum Gasteiger partial charge on any atom is -0.493 e. The molecule has 1 N–H and O–H groups in total. The van der Waals surface area contributed by atoms with Crippen LogP contribution in [-0.2, 0) is 0 Å². The first-order chi connectivity index (χ1) is 8.63. The molecule has 0 radical (unpaired) electrons. The summed E-state index contributed by atoms with van der Waals surface area (Å²) in [4.78, 5) is 0.883. The summed E-state index contributed by atoms with van der Waals surface area (Å²) in [6.45, 7) is 2.51. The smallest absolute Gasteiger partial charge is 0.125 e. The summed E-state index contributed by atoms with van der Waals surface area (Å²) in [5.41, 5.74) is 0.773. The molecule has 5 heteroatoms. The van der Waals surface area contributed by atoms with Gasteiger partial charge in [-0.05, 0) is 52.5 Å². The molecule has 2 aromatic rings. The largest absolute Gasteiger partial charge is 0.493 e. The lowest BCUT2D eigenvalue weighted by Crippen LogP contribution is -2.03. The van der Waals surface area contributed by atoms with E-state index in [1.807, 2.05) is 36.6 Å². The van der Waals surface area contributed by atoms with Crippen LogP contribution in [0.5, 0.6) is 5.75 Å². The summed E-state index contributed by atoms with van der Waals surface area (Å²) in [7, 11) is 0. The predicted octanol–water partition coefficient (Wildman–Crippen LogP) is 4.75. The van der Waals surface area contributed by atoms with E-state index in [9.17, 15) is 5.11 Å². The van der Waals surface area contributed by atoms with Gasteiger partial charge < -0.3 is 9.84 Å². The van der Waals surface area contributed by atoms with Gasteiger partial charge in [0, 0.05) is 14.5 Å².